The molecule has 12 heavy (non-hydrogen) atoms. The van der Waals surface area contributed by atoms with E-state index in [2.05, 4.69) is 8.92 Å². The van der Waals surface area contributed by atoms with Crippen LogP contribution in [0.5, 0.6) is 0 Å². The Hall–Kier alpha value is -1.04. The van der Waals surface area contributed by atoms with E-state index < -0.39 is 16.1 Å². The monoisotopic (exact) mass is 192 g/mol. The molecular weight excluding hydrogens is 184 g/mol. The largest absolute Gasteiger partial charge is 0.462 e. The molecule has 1 fully saturated rings. The zero-order chi connectivity index (χ0) is 9.19. The van der Waals surface area contributed by atoms with E-state index in [1.54, 1.807) is 0 Å². The van der Waals surface area contributed by atoms with E-state index in [0.29, 0.717) is 6.42 Å². The van der Waals surface area contributed by atoms with Crippen molar-refractivity contribution in [2.75, 3.05) is 12.9 Å². The summed E-state index contributed by atoms with van der Waals surface area (Å²) in [6.07, 6.45) is 2.23. The summed E-state index contributed by atoms with van der Waals surface area (Å²) in [5.74, 6) is -0.515. The van der Waals surface area contributed by atoms with Crippen molar-refractivity contribution in [3.8, 4) is 0 Å². The average Bonchev–Trinajstić information content (AvgIpc) is 2.29. The first-order chi connectivity index (χ1) is 5.49. The lowest BCUT2D eigenvalue weighted by Crippen LogP contribution is -2.00. The van der Waals surface area contributed by atoms with Crippen LogP contribution < -0.4 is 0 Å². The maximum atomic E-state index is 10.7. The molecule has 0 spiro atoms. The number of rotatable bonds is 2. The van der Waals surface area contributed by atoms with Crippen LogP contribution in [0, 0.1) is 0 Å². The van der Waals surface area contributed by atoms with E-state index >= 15 is 0 Å². The smallest absolute Gasteiger partial charge is 0.337 e. The van der Waals surface area contributed by atoms with Gasteiger partial charge in [0, 0.05) is 6.42 Å². The van der Waals surface area contributed by atoms with Gasteiger partial charge in [0.2, 0.25) is 0 Å². The van der Waals surface area contributed by atoms with Crippen LogP contribution in [0.3, 0.4) is 0 Å². The summed E-state index contributed by atoms with van der Waals surface area (Å²) in [6, 6.07) is 0. The first-order valence-corrected chi connectivity index (χ1v) is 5.05. The lowest BCUT2D eigenvalue weighted by molar-refractivity contribution is -0.135. The minimum atomic E-state index is -3.52. The Kier molecular flexibility index (Phi) is 2.37. The molecule has 0 amide bonds. The molecule has 0 aromatic carbocycles. The van der Waals surface area contributed by atoms with Gasteiger partial charge in [0.15, 0.2) is 0 Å². The van der Waals surface area contributed by atoms with Crippen molar-refractivity contribution >= 4 is 16.1 Å². The Labute approximate surface area is 70.1 Å². The first-order valence-electron chi connectivity index (χ1n) is 3.23. The van der Waals surface area contributed by atoms with Gasteiger partial charge in [-0.05, 0) is 0 Å². The predicted molar refractivity (Wildman–Crippen MR) is 39.6 cm³/mol. The Balaban J connectivity index is 2.64. The molecule has 1 aliphatic heterocycles. The molecule has 0 aromatic heterocycles. The highest BCUT2D eigenvalue weighted by molar-refractivity contribution is 7.86. The molecular formula is C6H8O5S. The van der Waals surface area contributed by atoms with Gasteiger partial charge in [0.1, 0.15) is 6.26 Å². The average molecular weight is 192 g/mol. The van der Waals surface area contributed by atoms with E-state index in [0.717, 1.165) is 12.5 Å². The molecule has 68 valence electrons. The zero-order valence-corrected chi connectivity index (χ0v) is 7.26. The van der Waals surface area contributed by atoms with Gasteiger partial charge in [-0.25, -0.2) is 4.79 Å². The van der Waals surface area contributed by atoms with Gasteiger partial charge in [-0.1, -0.05) is 0 Å². The third-order valence-electron chi connectivity index (χ3n) is 1.23. The van der Waals surface area contributed by atoms with E-state index in [1.165, 1.54) is 0 Å². The summed E-state index contributed by atoms with van der Waals surface area (Å²) in [5, 5.41) is 0. The number of hydrogen-bond acceptors (Lipinski definition) is 5. The lowest BCUT2D eigenvalue weighted by Gasteiger charge is -1.94. The maximum absolute atomic E-state index is 10.7. The van der Waals surface area contributed by atoms with Crippen molar-refractivity contribution in [1.29, 1.82) is 0 Å². The highest BCUT2D eigenvalue weighted by Crippen LogP contribution is 2.13. The fourth-order valence-corrected chi connectivity index (χ4v) is 0.992. The van der Waals surface area contributed by atoms with Crippen molar-refractivity contribution in [3.63, 3.8) is 0 Å². The molecule has 6 heteroatoms. The third kappa shape index (κ3) is 2.54. The first kappa shape index (κ1) is 9.05. The SMILES string of the molecule is CS(=O)(=O)O/C=C1\CCOC1=O. The molecule has 1 rings (SSSR count). The second-order valence-electron chi connectivity index (χ2n) is 2.33. The van der Waals surface area contributed by atoms with Crippen LogP contribution in [0.15, 0.2) is 11.8 Å². The molecule has 0 aromatic rings. The molecule has 5 nitrogen and oxygen atoms in total. The predicted octanol–water partition coefficient (Wildman–Crippen LogP) is -0.207. The number of hydrogen-bond donors (Lipinski definition) is 0. The second kappa shape index (κ2) is 3.14. The lowest BCUT2D eigenvalue weighted by atomic mass is 10.3. The van der Waals surface area contributed by atoms with Crippen molar-refractivity contribution in [2.45, 2.75) is 6.42 Å². The van der Waals surface area contributed by atoms with Crippen molar-refractivity contribution in [2.24, 2.45) is 0 Å². The van der Waals surface area contributed by atoms with Gasteiger partial charge in [-0.3, -0.25) is 0 Å². The molecule has 1 aliphatic rings. The molecule has 1 heterocycles. The van der Waals surface area contributed by atoms with Crippen LogP contribution in [0.4, 0.5) is 0 Å². The molecule has 0 aliphatic carbocycles. The van der Waals surface area contributed by atoms with Crippen molar-refractivity contribution < 1.29 is 22.1 Å². The topological polar surface area (TPSA) is 69.7 Å². The van der Waals surface area contributed by atoms with E-state index in [4.69, 9.17) is 0 Å². The fourth-order valence-electron chi connectivity index (χ4n) is 0.701. The number of ether oxygens (including phenoxy) is 1. The Morgan fingerprint density at radius 2 is 2.25 bits per heavy atom. The van der Waals surface area contributed by atoms with Crippen LogP contribution in [0.25, 0.3) is 0 Å². The van der Waals surface area contributed by atoms with Crippen LogP contribution >= 0.6 is 0 Å². The number of cyclic esters (lactones) is 1. The van der Waals surface area contributed by atoms with Gasteiger partial charge < -0.3 is 8.92 Å². The van der Waals surface area contributed by atoms with Gasteiger partial charge in [0.25, 0.3) is 0 Å². The molecule has 0 radical (unpaired) electrons. The number of esters is 1. The highest BCUT2D eigenvalue weighted by atomic mass is 32.2. The molecule has 0 saturated carbocycles. The Bertz CT molecular complexity index is 313. The Morgan fingerprint density at radius 3 is 2.67 bits per heavy atom. The molecule has 0 unspecified atom stereocenters. The summed E-state index contributed by atoms with van der Waals surface area (Å²) >= 11 is 0. The standard InChI is InChI=1S/C6H8O5S/c1-12(8,9)11-4-5-2-3-10-6(5)7/h4H,2-3H2,1H3/b5-4+. The zero-order valence-electron chi connectivity index (χ0n) is 6.44. The molecule has 1 saturated heterocycles. The number of carbonyl (C=O) groups excluding carboxylic acids is 1. The third-order valence-corrected chi connectivity index (χ3v) is 1.68. The van der Waals surface area contributed by atoms with Crippen LogP contribution in [-0.4, -0.2) is 27.2 Å². The number of carbonyl (C=O) groups is 1. The Morgan fingerprint density at radius 1 is 1.58 bits per heavy atom. The maximum Gasteiger partial charge on any atom is 0.337 e. The van der Waals surface area contributed by atoms with Gasteiger partial charge >= 0.3 is 16.1 Å². The normalized spacial score (nSPS) is 21.1. The fraction of sp³-hybridized carbons (Fsp3) is 0.500. The van der Waals surface area contributed by atoms with E-state index in [-0.39, 0.29) is 12.2 Å². The van der Waals surface area contributed by atoms with Crippen molar-refractivity contribution in [3.05, 3.63) is 11.8 Å². The summed E-state index contributed by atoms with van der Waals surface area (Å²) in [6.45, 7) is 0.289. The van der Waals surface area contributed by atoms with Crippen LogP contribution in [0.1, 0.15) is 6.42 Å². The molecule has 0 atom stereocenters. The van der Waals surface area contributed by atoms with Crippen LogP contribution in [0.2, 0.25) is 0 Å². The summed E-state index contributed by atoms with van der Waals surface area (Å²) in [5.41, 5.74) is 0.250. The highest BCUT2D eigenvalue weighted by Gasteiger charge is 2.19. The van der Waals surface area contributed by atoms with Crippen LogP contribution in [-0.2, 0) is 23.8 Å². The van der Waals surface area contributed by atoms with E-state index in [9.17, 15) is 13.2 Å². The van der Waals surface area contributed by atoms with Crippen molar-refractivity contribution in [1.82, 2.24) is 0 Å². The summed E-state index contributed by atoms with van der Waals surface area (Å²) in [7, 11) is -3.52. The van der Waals surface area contributed by atoms with Gasteiger partial charge in [-0.15, -0.1) is 0 Å². The second-order valence-corrected chi connectivity index (χ2v) is 3.93. The minimum Gasteiger partial charge on any atom is -0.462 e. The molecule has 0 N–H and O–H groups in total. The van der Waals surface area contributed by atoms with E-state index in [1.807, 2.05) is 0 Å². The summed E-state index contributed by atoms with van der Waals surface area (Å²) in [4.78, 5) is 10.7. The van der Waals surface area contributed by atoms with Gasteiger partial charge in [0.05, 0.1) is 18.4 Å². The quantitative estimate of drug-likeness (QED) is 0.262. The van der Waals surface area contributed by atoms with Gasteiger partial charge in [-0.2, -0.15) is 8.42 Å². The molecule has 0 bridgehead atoms. The minimum absolute atomic E-state index is 0.250. The summed E-state index contributed by atoms with van der Waals surface area (Å²) < 4.78 is 29.8.